The summed E-state index contributed by atoms with van der Waals surface area (Å²) in [5, 5.41) is 0. The van der Waals surface area contributed by atoms with Gasteiger partial charge in [-0.1, -0.05) is 72.8 Å². The fraction of sp³-hybridized carbons (Fsp3) is 0.296. The largest absolute Gasteiger partial charge is 0.412 e. The highest BCUT2D eigenvalue weighted by Gasteiger charge is 2.26. The second kappa shape index (κ2) is 10.6. The lowest BCUT2D eigenvalue weighted by Gasteiger charge is -2.39. The van der Waals surface area contributed by atoms with E-state index in [0.29, 0.717) is 6.04 Å². The number of aromatic nitrogens is 2. The van der Waals surface area contributed by atoms with Crippen LogP contribution in [0.2, 0.25) is 0 Å². The van der Waals surface area contributed by atoms with Crippen molar-refractivity contribution in [1.82, 2.24) is 19.4 Å². The molecule has 1 aliphatic rings. The van der Waals surface area contributed by atoms with Crippen molar-refractivity contribution in [3.05, 3.63) is 107 Å². The smallest absolute Gasteiger partial charge is 0.326 e. The fourth-order valence-corrected chi connectivity index (χ4v) is 4.91. The third-order valence-electron chi connectivity index (χ3n) is 6.54. The maximum Gasteiger partial charge on any atom is 0.326 e. The number of H-pyrrole nitrogens is 1. The van der Waals surface area contributed by atoms with Crippen LogP contribution in [0, 0.1) is 0 Å². The third-order valence-corrected chi connectivity index (χ3v) is 6.54. The van der Waals surface area contributed by atoms with Gasteiger partial charge in [0.15, 0.2) is 0 Å². The monoisotopic (exact) mass is 444 g/mol. The predicted molar refractivity (Wildman–Crippen MR) is 134 cm³/mol. The van der Waals surface area contributed by atoms with Crippen molar-refractivity contribution in [1.29, 1.82) is 0 Å². The van der Waals surface area contributed by atoms with Crippen LogP contribution >= 0.6 is 0 Å². The van der Waals surface area contributed by atoms with Gasteiger partial charge in [0.25, 0.3) is 0 Å². The lowest BCUT2D eigenvalue weighted by atomic mass is 9.96. The summed E-state index contributed by atoms with van der Waals surface area (Å²) in [4.78, 5) is 20.4. The second-order valence-electron chi connectivity index (χ2n) is 8.55. The molecule has 2 heterocycles. The Morgan fingerprint density at radius 2 is 1.30 bits per heavy atom. The minimum absolute atomic E-state index is 0. The molecule has 0 bridgehead atoms. The first-order valence-electron chi connectivity index (χ1n) is 11.5. The minimum atomic E-state index is -0.00965. The SMILES string of the molecule is O.O=c1[nH]c2ccccc2n1CCCN1CCN(C(c2ccccc2)c2ccccc2)CC1. The summed E-state index contributed by atoms with van der Waals surface area (Å²) in [6, 6.07) is 29.9. The van der Waals surface area contributed by atoms with Crippen LogP contribution in [0.5, 0.6) is 0 Å². The van der Waals surface area contributed by atoms with Gasteiger partial charge in [0.05, 0.1) is 17.1 Å². The molecule has 6 heteroatoms. The fourth-order valence-electron chi connectivity index (χ4n) is 4.91. The molecule has 0 unspecified atom stereocenters. The number of aryl methyl sites for hydroxylation is 1. The number of nitrogens with one attached hydrogen (secondary N) is 1. The summed E-state index contributed by atoms with van der Waals surface area (Å²) >= 11 is 0. The summed E-state index contributed by atoms with van der Waals surface area (Å²) in [6.07, 6.45) is 0.975. The van der Waals surface area contributed by atoms with Crippen LogP contribution in [0.3, 0.4) is 0 Å². The summed E-state index contributed by atoms with van der Waals surface area (Å²) < 4.78 is 1.87. The first-order chi connectivity index (χ1) is 15.8. The summed E-state index contributed by atoms with van der Waals surface area (Å²) in [6.45, 7) is 5.96. The topological polar surface area (TPSA) is 75.8 Å². The van der Waals surface area contributed by atoms with Gasteiger partial charge in [0.1, 0.15) is 0 Å². The van der Waals surface area contributed by atoms with E-state index < -0.39 is 0 Å². The first kappa shape index (κ1) is 23.0. The number of fused-ring (bicyclic) bond motifs is 1. The maximum absolute atomic E-state index is 12.3. The standard InChI is InChI=1S/C27H30N4O.H2O/c32-27-28-24-14-7-8-15-25(24)31(27)17-9-16-29-18-20-30(21-19-29)26(22-10-3-1-4-11-22)23-12-5-2-6-13-23;/h1-8,10-15,26H,9,16-21H2,(H,28,32);1H2. The van der Waals surface area contributed by atoms with Crippen molar-refractivity contribution in [2.45, 2.75) is 19.0 Å². The van der Waals surface area contributed by atoms with Crippen molar-refractivity contribution in [3.8, 4) is 0 Å². The van der Waals surface area contributed by atoms with Crippen LogP contribution in [0.4, 0.5) is 0 Å². The highest BCUT2D eigenvalue weighted by atomic mass is 16.1. The van der Waals surface area contributed by atoms with E-state index in [0.717, 1.165) is 56.7 Å². The minimum Gasteiger partial charge on any atom is -0.412 e. The van der Waals surface area contributed by atoms with E-state index in [2.05, 4.69) is 75.4 Å². The number of hydrogen-bond acceptors (Lipinski definition) is 3. The summed E-state index contributed by atoms with van der Waals surface area (Å²) in [7, 11) is 0. The molecule has 0 aliphatic carbocycles. The van der Waals surface area contributed by atoms with E-state index in [1.54, 1.807) is 0 Å². The quantitative estimate of drug-likeness (QED) is 0.475. The first-order valence-corrected chi connectivity index (χ1v) is 11.5. The van der Waals surface area contributed by atoms with E-state index >= 15 is 0 Å². The van der Waals surface area contributed by atoms with Gasteiger partial charge >= 0.3 is 5.69 Å². The molecule has 4 aromatic rings. The van der Waals surface area contributed by atoms with E-state index in [4.69, 9.17) is 0 Å². The molecular weight excluding hydrogens is 412 g/mol. The Kier molecular flexibility index (Phi) is 7.40. The van der Waals surface area contributed by atoms with Gasteiger partial charge < -0.3 is 15.4 Å². The number of aromatic amines is 1. The zero-order valence-corrected chi connectivity index (χ0v) is 18.9. The van der Waals surface area contributed by atoms with Crippen LogP contribution in [0.15, 0.2) is 89.7 Å². The molecule has 6 nitrogen and oxygen atoms in total. The maximum atomic E-state index is 12.3. The van der Waals surface area contributed by atoms with Crippen LogP contribution in [0.25, 0.3) is 11.0 Å². The molecule has 0 spiro atoms. The molecule has 33 heavy (non-hydrogen) atoms. The average molecular weight is 445 g/mol. The molecule has 1 saturated heterocycles. The normalized spacial score (nSPS) is 15.1. The Morgan fingerprint density at radius 3 is 1.94 bits per heavy atom. The predicted octanol–water partition coefficient (Wildman–Crippen LogP) is 3.30. The number of nitrogens with zero attached hydrogens (tertiary/aromatic N) is 3. The Morgan fingerprint density at radius 1 is 0.727 bits per heavy atom. The van der Waals surface area contributed by atoms with E-state index in [9.17, 15) is 4.79 Å². The van der Waals surface area contributed by atoms with Crippen molar-refractivity contribution < 1.29 is 5.48 Å². The van der Waals surface area contributed by atoms with Gasteiger partial charge in [0.2, 0.25) is 0 Å². The van der Waals surface area contributed by atoms with Crippen LogP contribution < -0.4 is 5.69 Å². The van der Waals surface area contributed by atoms with Gasteiger partial charge in [-0.3, -0.25) is 9.47 Å². The van der Waals surface area contributed by atoms with Crippen molar-refractivity contribution in [2.75, 3.05) is 32.7 Å². The lowest BCUT2D eigenvalue weighted by molar-refractivity contribution is 0.108. The number of piperazine rings is 1. The molecule has 0 amide bonds. The molecule has 0 radical (unpaired) electrons. The van der Waals surface area contributed by atoms with Gasteiger partial charge in [0, 0.05) is 32.7 Å². The highest BCUT2D eigenvalue weighted by Crippen LogP contribution is 2.29. The Balaban J connectivity index is 0.00000259. The zero-order chi connectivity index (χ0) is 21.8. The van der Waals surface area contributed by atoms with E-state index in [-0.39, 0.29) is 11.2 Å². The van der Waals surface area contributed by atoms with Crippen molar-refractivity contribution >= 4 is 11.0 Å². The molecule has 172 valence electrons. The number of imidazole rings is 1. The Hall–Kier alpha value is -3.19. The number of hydrogen-bond donors (Lipinski definition) is 1. The lowest BCUT2D eigenvalue weighted by Crippen LogP contribution is -2.48. The molecule has 5 rings (SSSR count). The molecule has 3 aromatic carbocycles. The van der Waals surface area contributed by atoms with E-state index in [1.165, 1.54) is 11.1 Å². The zero-order valence-electron chi connectivity index (χ0n) is 18.9. The molecule has 1 aliphatic heterocycles. The number of rotatable bonds is 7. The summed E-state index contributed by atoms with van der Waals surface area (Å²) in [5.41, 5.74) is 4.61. The van der Waals surface area contributed by atoms with Crippen molar-refractivity contribution in [3.63, 3.8) is 0 Å². The summed E-state index contributed by atoms with van der Waals surface area (Å²) in [5.74, 6) is 0. The average Bonchev–Trinajstić information content (AvgIpc) is 3.17. The van der Waals surface area contributed by atoms with Gasteiger partial charge in [-0.25, -0.2) is 4.79 Å². The molecule has 0 saturated carbocycles. The van der Waals surface area contributed by atoms with Gasteiger partial charge in [-0.05, 0) is 36.2 Å². The van der Waals surface area contributed by atoms with Gasteiger partial charge in [-0.2, -0.15) is 0 Å². The molecule has 1 fully saturated rings. The third kappa shape index (κ3) is 5.09. The highest BCUT2D eigenvalue weighted by molar-refractivity contribution is 5.74. The second-order valence-corrected chi connectivity index (χ2v) is 8.55. The molecule has 1 aromatic heterocycles. The Bertz CT molecular complexity index is 1160. The number of benzene rings is 3. The van der Waals surface area contributed by atoms with Gasteiger partial charge in [-0.15, -0.1) is 0 Å². The van der Waals surface area contributed by atoms with Crippen LogP contribution in [0.1, 0.15) is 23.6 Å². The molecule has 0 atom stereocenters. The van der Waals surface area contributed by atoms with Crippen LogP contribution in [-0.2, 0) is 6.54 Å². The van der Waals surface area contributed by atoms with Crippen molar-refractivity contribution in [2.24, 2.45) is 0 Å². The van der Waals surface area contributed by atoms with E-state index in [1.807, 2.05) is 28.8 Å². The number of para-hydroxylation sites is 2. The molecule has 3 N–H and O–H groups in total. The van der Waals surface area contributed by atoms with Crippen LogP contribution in [-0.4, -0.2) is 57.6 Å². The Labute approximate surface area is 194 Å². The molecular formula is C27H32N4O2.